The Labute approximate surface area is 92.0 Å². The number of hydrogen-bond acceptors (Lipinski definition) is 2. The molecule has 0 bridgehead atoms. The van der Waals surface area contributed by atoms with Crippen molar-refractivity contribution in [1.82, 2.24) is 5.32 Å². The van der Waals surface area contributed by atoms with Gasteiger partial charge in [-0.3, -0.25) is 0 Å². The quantitative estimate of drug-likeness (QED) is 0.795. The molecule has 0 saturated heterocycles. The molecule has 0 fully saturated rings. The number of nitrogens with one attached hydrogen (secondary N) is 1. The molecule has 1 nitrogen and oxygen atoms in total. The van der Waals surface area contributed by atoms with Crippen LogP contribution in [0.3, 0.4) is 0 Å². The van der Waals surface area contributed by atoms with Crippen molar-refractivity contribution in [3.8, 4) is 0 Å². The lowest BCUT2D eigenvalue weighted by atomic mass is 10.1. The second-order valence-electron chi connectivity index (χ2n) is 2.81. The lowest BCUT2D eigenvalue weighted by molar-refractivity contribution is 0.559. The van der Waals surface area contributed by atoms with Crippen LogP contribution in [-0.2, 0) is 0 Å². The molecule has 72 valence electrons. The molecular weight excluding hydrogens is 246 g/mol. The van der Waals surface area contributed by atoms with Crippen LogP contribution in [0, 0.1) is 0 Å². The molecule has 1 atom stereocenters. The first-order valence-electron chi connectivity index (χ1n) is 4.35. The molecule has 0 aliphatic heterocycles. The van der Waals surface area contributed by atoms with Crippen molar-refractivity contribution in [2.24, 2.45) is 0 Å². The van der Waals surface area contributed by atoms with E-state index in [-0.39, 0.29) is 0 Å². The van der Waals surface area contributed by atoms with Gasteiger partial charge in [0, 0.05) is 15.9 Å². The molecule has 0 aromatic carbocycles. The first-order valence-corrected chi connectivity index (χ1v) is 6.09. The Balaban J connectivity index is 2.74. The molecule has 1 unspecified atom stereocenters. The summed E-state index contributed by atoms with van der Waals surface area (Å²) in [4.78, 5) is 0. The lowest BCUT2D eigenvalue weighted by Crippen LogP contribution is -2.19. The SMILES string of the molecule is C=CCC(NCC)c1cscc1Br. The van der Waals surface area contributed by atoms with Gasteiger partial charge in [0.1, 0.15) is 0 Å². The van der Waals surface area contributed by atoms with Gasteiger partial charge in [0.15, 0.2) is 0 Å². The fourth-order valence-corrected chi connectivity index (χ4v) is 2.90. The predicted octanol–water partition coefficient (Wildman–Crippen LogP) is 3.74. The van der Waals surface area contributed by atoms with Gasteiger partial charge in [0.25, 0.3) is 0 Å². The van der Waals surface area contributed by atoms with E-state index < -0.39 is 0 Å². The van der Waals surface area contributed by atoms with Crippen LogP contribution in [-0.4, -0.2) is 6.54 Å². The number of thiophene rings is 1. The summed E-state index contributed by atoms with van der Waals surface area (Å²) in [5.74, 6) is 0. The Bertz CT molecular complexity index is 270. The minimum absolute atomic E-state index is 0.406. The number of hydrogen-bond donors (Lipinski definition) is 1. The highest BCUT2D eigenvalue weighted by Crippen LogP contribution is 2.29. The monoisotopic (exact) mass is 259 g/mol. The third-order valence-electron chi connectivity index (χ3n) is 1.87. The normalized spacial score (nSPS) is 12.8. The fourth-order valence-electron chi connectivity index (χ4n) is 1.27. The van der Waals surface area contributed by atoms with Gasteiger partial charge >= 0.3 is 0 Å². The van der Waals surface area contributed by atoms with E-state index in [9.17, 15) is 0 Å². The van der Waals surface area contributed by atoms with Crippen LogP contribution in [0.15, 0.2) is 27.9 Å². The smallest absolute Gasteiger partial charge is 0.0374 e. The van der Waals surface area contributed by atoms with Crippen molar-refractivity contribution in [2.45, 2.75) is 19.4 Å². The summed E-state index contributed by atoms with van der Waals surface area (Å²) in [6.07, 6.45) is 2.93. The van der Waals surface area contributed by atoms with Gasteiger partial charge in [-0.1, -0.05) is 13.0 Å². The highest BCUT2D eigenvalue weighted by atomic mass is 79.9. The second-order valence-corrected chi connectivity index (χ2v) is 4.41. The molecule has 13 heavy (non-hydrogen) atoms. The zero-order valence-corrected chi connectivity index (χ0v) is 10.1. The van der Waals surface area contributed by atoms with E-state index in [4.69, 9.17) is 0 Å². The molecule has 0 amide bonds. The number of rotatable bonds is 5. The van der Waals surface area contributed by atoms with E-state index >= 15 is 0 Å². The van der Waals surface area contributed by atoms with Crippen molar-refractivity contribution in [3.05, 3.63) is 33.5 Å². The molecule has 1 aromatic rings. The average molecular weight is 260 g/mol. The van der Waals surface area contributed by atoms with Crippen molar-refractivity contribution >= 4 is 27.3 Å². The predicted molar refractivity (Wildman–Crippen MR) is 63.3 cm³/mol. The highest BCUT2D eigenvalue weighted by Gasteiger charge is 2.11. The van der Waals surface area contributed by atoms with E-state index in [2.05, 4.69) is 45.5 Å². The van der Waals surface area contributed by atoms with Gasteiger partial charge in [-0.15, -0.1) is 6.58 Å². The Morgan fingerprint density at radius 2 is 2.46 bits per heavy atom. The third kappa shape index (κ3) is 2.93. The largest absolute Gasteiger partial charge is 0.310 e. The summed E-state index contributed by atoms with van der Waals surface area (Å²) in [6, 6.07) is 0.406. The standard InChI is InChI=1S/C10H14BrNS/c1-3-5-10(12-4-2)8-6-13-7-9(8)11/h3,6-7,10,12H,1,4-5H2,2H3. The zero-order valence-electron chi connectivity index (χ0n) is 7.72. The molecule has 1 heterocycles. The maximum atomic E-state index is 3.77. The fraction of sp³-hybridized carbons (Fsp3) is 0.400. The number of halogens is 1. The first kappa shape index (κ1) is 11.0. The molecule has 0 radical (unpaired) electrons. The van der Waals surface area contributed by atoms with Crippen molar-refractivity contribution in [3.63, 3.8) is 0 Å². The Hall–Kier alpha value is -0.120. The van der Waals surface area contributed by atoms with E-state index in [1.54, 1.807) is 11.3 Å². The van der Waals surface area contributed by atoms with Crippen LogP contribution in [0.1, 0.15) is 24.9 Å². The molecule has 0 aliphatic carbocycles. The molecule has 1 rings (SSSR count). The zero-order chi connectivity index (χ0) is 9.68. The van der Waals surface area contributed by atoms with Crippen LogP contribution >= 0.6 is 27.3 Å². The van der Waals surface area contributed by atoms with Crippen molar-refractivity contribution in [2.75, 3.05) is 6.54 Å². The summed E-state index contributed by atoms with van der Waals surface area (Å²) in [7, 11) is 0. The molecular formula is C10H14BrNS. The second kappa shape index (κ2) is 5.58. The van der Waals surface area contributed by atoms with E-state index in [0.29, 0.717) is 6.04 Å². The van der Waals surface area contributed by atoms with Crippen LogP contribution in [0.2, 0.25) is 0 Å². The summed E-state index contributed by atoms with van der Waals surface area (Å²) in [5.41, 5.74) is 1.34. The molecule has 1 N–H and O–H groups in total. The van der Waals surface area contributed by atoms with Gasteiger partial charge in [0.2, 0.25) is 0 Å². The van der Waals surface area contributed by atoms with Gasteiger partial charge < -0.3 is 5.32 Å². The molecule has 1 aromatic heterocycles. The van der Waals surface area contributed by atoms with Gasteiger partial charge in [-0.25, -0.2) is 0 Å². The average Bonchev–Trinajstić information content (AvgIpc) is 2.51. The Kier molecular flexibility index (Phi) is 4.70. The highest BCUT2D eigenvalue weighted by molar-refractivity contribution is 9.10. The first-order chi connectivity index (χ1) is 6.29. The van der Waals surface area contributed by atoms with Crippen molar-refractivity contribution in [1.29, 1.82) is 0 Å². The van der Waals surface area contributed by atoms with E-state index in [0.717, 1.165) is 13.0 Å². The minimum atomic E-state index is 0.406. The van der Waals surface area contributed by atoms with Gasteiger partial charge in [0.05, 0.1) is 0 Å². The lowest BCUT2D eigenvalue weighted by Gasteiger charge is -2.15. The van der Waals surface area contributed by atoms with Crippen molar-refractivity contribution < 1.29 is 0 Å². The van der Waals surface area contributed by atoms with E-state index in [1.165, 1.54) is 10.0 Å². The van der Waals surface area contributed by atoms with Crippen LogP contribution in [0.4, 0.5) is 0 Å². The van der Waals surface area contributed by atoms with Crippen LogP contribution in [0.5, 0.6) is 0 Å². The summed E-state index contributed by atoms with van der Waals surface area (Å²) >= 11 is 5.27. The van der Waals surface area contributed by atoms with E-state index in [1.807, 2.05) is 6.08 Å². The Morgan fingerprint density at radius 3 is 2.92 bits per heavy atom. The summed E-state index contributed by atoms with van der Waals surface area (Å²) in [6.45, 7) is 6.88. The van der Waals surface area contributed by atoms with Gasteiger partial charge in [-0.05, 0) is 39.8 Å². The van der Waals surface area contributed by atoms with Crippen LogP contribution in [0.25, 0.3) is 0 Å². The molecule has 0 saturated carbocycles. The third-order valence-corrected chi connectivity index (χ3v) is 3.62. The summed E-state index contributed by atoms with van der Waals surface area (Å²) in [5, 5.41) is 7.73. The minimum Gasteiger partial charge on any atom is -0.310 e. The van der Waals surface area contributed by atoms with Crippen LogP contribution < -0.4 is 5.32 Å². The molecule has 0 spiro atoms. The molecule has 0 aliphatic rings. The maximum absolute atomic E-state index is 3.77. The summed E-state index contributed by atoms with van der Waals surface area (Å²) < 4.78 is 1.20. The molecule has 3 heteroatoms. The maximum Gasteiger partial charge on any atom is 0.0374 e. The topological polar surface area (TPSA) is 12.0 Å². The van der Waals surface area contributed by atoms with Gasteiger partial charge in [-0.2, -0.15) is 11.3 Å². The Morgan fingerprint density at radius 1 is 1.69 bits per heavy atom.